The van der Waals surface area contributed by atoms with E-state index in [0.29, 0.717) is 0 Å². The average molecular weight is 244 g/mol. The Morgan fingerprint density at radius 3 is 0.667 bits per heavy atom. The molecule has 0 unspecified atom stereocenters. The molecule has 0 radical (unpaired) electrons. The fourth-order valence-corrected chi connectivity index (χ4v) is 0. The Morgan fingerprint density at radius 1 is 0.667 bits per heavy atom. The van der Waals surface area contributed by atoms with Crippen LogP contribution in [0.25, 0.3) is 0 Å². The summed E-state index contributed by atoms with van der Waals surface area (Å²) in [7, 11) is 0. The molecule has 0 saturated carbocycles. The van der Waals surface area contributed by atoms with Crippen LogP contribution in [0.4, 0.5) is 0 Å². The minimum absolute atomic E-state index is 0. The Morgan fingerprint density at radius 2 is 0.667 bits per heavy atom. The Kier molecular flexibility index (Phi) is 2730. The van der Waals surface area contributed by atoms with Crippen LogP contribution in [0.5, 0.6) is 0 Å². The maximum absolute atomic E-state index is 8.25. The van der Waals surface area contributed by atoms with Crippen LogP contribution >= 0.6 is 0 Å². The average Bonchev–Trinajstić information content (AvgIpc) is 0.811. The molecule has 88 valence electrons. The molecule has 0 saturated heterocycles. The van der Waals surface area contributed by atoms with Gasteiger partial charge in [-0.05, 0) is 0 Å². The molecule has 0 aliphatic carbocycles. The van der Waals surface area contributed by atoms with E-state index in [2.05, 4.69) is 0 Å². The van der Waals surface area contributed by atoms with Crippen molar-refractivity contribution >= 4 is 0 Å². The summed E-state index contributed by atoms with van der Waals surface area (Å²) in [5.74, 6) is 0. The molecule has 0 amide bonds. The van der Waals surface area contributed by atoms with E-state index in [1.807, 2.05) is 0 Å². The molecule has 0 aromatic carbocycles. The monoisotopic (exact) mass is 244 g/mol. The summed E-state index contributed by atoms with van der Waals surface area (Å²) in [5, 5.41) is 14.8. The summed E-state index contributed by atoms with van der Waals surface area (Å²) >= 11 is 0. The van der Waals surface area contributed by atoms with Gasteiger partial charge in [-0.25, -0.2) is 0 Å². The fraction of sp³-hybridized carbons (Fsp3) is 0. The van der Waals surface area contributed by atoms with Gasteiger partial charge in [0.15, 0.2) is 0 Å². The molecule has 0 aliphatic rings. The fourth-order valence-electron chi connectivity index (χ4n) is 0. The Bertz CT molecular complexity index is 32.8. The van der Waals surface area contributed by atoms with Gasteiger partial charge in [0, 0.05) is 17.1 Å². The van der Waals surface area contributed by atoms with E-state index < -0.39 is 5.09 Å². The summed E-state index contributed by atoms with van der Waals surface area (Å²) in [6, 6.07) is 0. The van der Waals surface area contributed by atoms with Gasteiger partial charge < -0.3 is 53.7 Å². The third-order valence-corrected chi connectivity index (χ3v) is 0. The van der Waals surface area contributed by atoms with E-state index in [4.69, 9.17) is 15.3 Å². The minimum atomic E-state index is -1.75. The standard InChI is InChI=1S/Fe.NO3.7H2O/c;2-1(3)4;;;;;;;/h;;7*1H2/q;-1;;;;;;;. The summed E-state index contributed by atoms with van der Waals surface area (Å²) in [5.41, 5.74) is 0. The zero-order chi connectivity index (χ0) is 3.58. The van der Waals surface area contributed by atoms with Crippen molar-refractivity contribution in [3.8, 4) is 0 Å². The van der Waals surface area contributed by atoms with Gasteiger partial charge in [0.1, 0.15) is 0 Å². The number of hydrogen-bond donors (Lipinski definition) is 0. The second-order valence-corrected chi connectivity index (χ2v) is 0.224. The first-order valence-corrected chi connectivity index (χ1v) is 0.548. The molecule has 14 N–H and O–H groups in total. The van der Waals surface area contributed by atoms with Gasteiger partial charge >= 0.3 is 0 Å². The molecule has 0 aromatic rings. The van der Waals surface area contributed by atoms with Crippen LogP contribution in [0, 0.1) is 15.3 Å². The van der Waals surface area contributed by atoms with Gasteiger partial charge in [0.25, 0.3) is 0 Å². The van der Waals surface area contributed by atoms with Crippen LogP contribution in [-0.4, -0.2) is 43.4 Å². The smallest absolute Gasteiger partial charge is 0.0689 e. The molecule has 0 atom stereocenters. The topological polar surface area (TPSA) is 287 Å². The van der Waals surface area contributed by atoms with E-state index in [-0.39, 0.29) is 55.4 Å². The predicted molar refractivity (Wildman–Crippen MR) is 35.7 cm³/mol. The molecule has 0 fully saturated rings. The van der Waals surface area contributed by atoms with Gasteiger partial charge in [0.2, 0.25) is 0 Å². The van der Waals surface area contributed by atoms with Gasteiger partial charge in [0.05, 0.1) is 5.09 Å². The zero-order valence-electron chi connectivity index (χ0n) is 5.53. The van der Waals surface area contributed by atoms with Crippen molar-refractivity contribution in [3.05, 3.63) is 15.3 Å². The van der Waals surface area contributed by atoms with E-state index in [0.717, 1.165) is 0 Å². The van der Waals surface area contributed by atoms with Crippen molar-refractivity contribution in [2.24, 2.45) is 0 Å². The van der Waals surface area contributed by atoms with Crippen LogP contribution < -0.4 is 0 Å². The van der Waals surface area contributed by atoms with Crippen molar-refractivity contribution in [2.45, 2.75) is 0 Å². The van der Waals surface area contributed by atoms with Crippen molar-refractivity contribution in [1.29, 1.82) is 0 Å². The molecule has 12 heavy (non-hydrogen) atoms. The molecular formula is H14FeNO10-. The maximum Gasteiger partial charge on any atom is 0.0689 e. The molecule has 12 heteroatoms. The number of rotatable bonds is 0. The molecule has 0 aromatic heterocycles. The van der Waals surface area contributed by atoms with Crippen LogP contribution in [0.3, 0.4) is 0 Å². The second-order valence-electron chi connectivity index (χ2n) is 0.224. The third kappa shape index (κ3) is 2140. The quantitative estimate of drug-likeness (QED) is 0.228. The molecule has 11 nitrogen and oxygen atoms in total. The van der Waals surface area contributed by atoms with Crippen LogP contribution in [-0.2, 0) is 17.1 Å². The predicted octanol–water partition coefficient (Wildman–Crippen LogP) is -6.01. The zero-order valence-corrected chi connectivity index (χ0v) is 6.63. The van der Waals surface area contributed by atoms with E-state index in [9.17, 15) is 0 Å². The van der Waals surface area contributed by atoms with Crippen molar-refractivity contribution in [1.82, 2.24) is 0 Å². The van der Waals surface area contributed by atoms with E-state index in [1.54, 1.807) is 0 Å². The van der Waals surface area contributed by atoms with Gasteiger partial charge in [-0.2, -0.15) is 0 Å². The molecular weight excluding hydrogens is 230 g/mol. The van der Waals surface area contributed by atoms with Gasteiger partial charge in [-0.1, -0.05) is 0 Å². The molecule has 0 heterocycles. The van der Waals surface area contributed by atoms with E-state index >= 15 is 0 Å². The Labute approximate surface area is 76.7 Å². The van der Waals surface area contributed by atoms with Gasteiger partial charge in [-0.3, -0.25) is 0 Å². The first-order chi connectivity index (χ1) is 1.73. The number of nitrogens with zero attached hydrogens (tertiary/aromatic N) is 1. The largest absolute Gasteiger partial charge is 0.412 e. The van der Waals surface area contributed by atoms with Crippen LogP contribution in [0.2, 0.25) is 0 Å². The minimum Gasteiger partial charge on any atom is -0.412 e. The van der Waals surface area contributed by atoms with E-state index in [1.165, 1.54) is 0 Å². The molecule has 0 bridgehead atoms. The number of hydrogen-bond acceptors (Lipinski definition) is 3. The van der Waals surface area contributed by atoms with Crippen molar-refractivity contribution in [3.63, 3.8) is 0 Å². The summed E-state index contributed by atoms with van der Waals surface area (Å²) in [4.78, 5) is 8.25. The summed E-state index contributed by atoms with van der Waals surface area (Å²) in [6.45, 7) is 0. The van der Waals surface area contributed by atoms with Crippen LogP contribution in [0.15, 0.2) is 0 Å². The first kappa shape index (κ1) is 209. The Hall–Kier alpha value is -0.561. The molecule has 0 aliphatic heterocycles. The van der Waals surface area contributed by atoms with Crippen molar-refractivity contribution < 1.29 is 60.5 Å². The SMILES string of the molecule is O.O.O.O.O.O.O.O=[N+]([O-])[O-].[Fe]. The van der Waals surface area contributed by atoms with Crippen LogP contribution in [0.1, 0.15) is 0 Å². The third-order valence-electron chi connectivity index (χ3n) is 0. The molecule has 0 spiro atoms. The molecule has 0 rings (SSSR count). The van der Waals surface area contributed by atoms with Crippen molar-refractivity contribution in [2.75, 3.05) is 0 Å². The normalized spacial score (nSPS) is 2.00. The second kappa shape index (κ2) is 156. The summed E-state index contributed by atoms with van der Waals surface area (Å²) in [6.07, 6.45) is 0. The maximum atomic E-state index is 8.25. The Balaban J connectivity index is -0.00000000161. The first-order valence-electron chi connectivity index (χ1n) is 0.548. The van der Waals surface area contributed by atoms with Gasteiger partial charge in [-0.15, -0.1) is 0 Å². The summed E-state index contributed by atoms with van der Waals surface area (Å²) < 4.78 is 0.